The summed E-state index contributed by atoms with van der Waals surface area (Å²) in [6.07, 6.45) is 9.11. The number of rotatable bonds is 6. The Kier molecular flexibility index (Phi) is 9.14. The molecule has 0 amide bonds. The predicted octanol–water partition coefficient (Wildman–Crippen LogP) is 1.53. The Morgan fingerprint density at radius 1 is 1.17 bits per heavy atom. The van der Waals surface area contributed by atoms with Gasteiger partial charge in [0.05, 0.1) is 6.26 Å². The summed E-state index contributed by atoms with van der Waals surface area (Å²) < 4.78 is 27.5. The summed E-state index contributed by atoms with van der Waals surface area (Å²) in [5, 5.41) is 15.2. The third kappa shape index (κ3) is 6.78. The van der Waals surface area contributed by atoms with Crippen LogP contribution >= 0.6 is 24.0 Å². The highest BCUT2D eigenvalue weighted by atomic mass is 127. The fourth-order valence-corrected chi connectivity index (χ4v) is 5.18. The summed E-state index contributed by atoms with van der Waals surface area (Å²) in [6, 6.07) is 0.390. The molecule has 1 aliphatic heterocycles. The lowest BCUT2D eigenvalue weighted by atomic mass is 9.96. The number of nitrogens with one attached hydrogen (secondary N) is 2. The Morgan fingerprint density at radius 3 is 2.52 bits per heavy atom. The summed E-state index contributed by atoms with van der Waals surface area (Å²) >= 11 is 0. The van der Waals surface area contributed by atoms with Gasteiger partial charge in [-0.25, -0.2) is 13.4 Å². The minimum atomic E-state index is -3.17. The molecule has 1 aromatic rings. The van der Waals surface area contributed by atoms with Gasteiger partial charge in [-0.3, -0.25) is 0 Å². The van der Waals surface area contributed by atoms with Crippen LogP contribution in [0.5, 0.6) is 0 Å². The Balaban J connectivity index is 0.00000300. The molecule has 0 spiro atoms. The number of halogens is 1. The lowest BCUT2D eigenvalue weighted by molar-refractivity contribution is 0.382. The van der Waals surface area contributed by atoms with Crippen molar-refractivity contribution in [1.82, 2.24) is 29.7 Å². The van der Waals surface area contributed by atoms with Crippen LogP contribution in [0.4, 0.5) is 0 Å². The van der Waals surface area contributed by atoms with Crippen molar-refractivity contribution in [3.8, 4) is 0 Å². The van der Waals surface area contributed by atoms with E-state index >= 15 is 0 Å². The molecule has 1 aromatic heterocycles. The fraction of sp³-hybridized carbons (Fsp3) is 0.833. The first kappa shape index (κ1) is 24.3. The summed E-state index contributed by atoms with van der Waals surface area (Å²) in [7, 11) is -1.24. The van der Waals surface area contributed by atoms with Crippen LogP contribution in [0.2, 0.25) is 0 Å². The molecule has 0 aromatic carbocycles. The molecule has 2 fully saturated rings. The maximum Gasteiger partial charge on any atom is 0.211 e. The lowest BCUT2D eigenvalue weighted by Crippen LogP contribution is -2.49. The lowest BCUT2D eigenvalue weighted by Gasteiger charge is -2.27. The number of aromatic nitrogens is 3. The molecule has 11 heteroatoms. The second-order valence-electron chi connectivity index (χ2n) is 7.92. The van der Waals surface area contributed by atoms with Crippen LogP contribution in [0.15, 0.2) is 4.99 Å². The zero-order chi connectivity index (χ0) is 20.1. The Hall–Kier alpha value is -0.950. The van der Waals surface area contributed by atoms with Crippen molar-refractivity contribution in [1.29, 1.82) is 0 Å². The minimum absolute atomic E-state index is 0. The molecule has 0 bridgehead atoms. The van der Waals surface area contributed by atoms with Crippen LogP contribution in [-0.2, 0) is 23.6 Å². The van der Waals surface area contributed by atoms with E-state index in [9.17, 15) is 8.42 Å². The number of hydrogen-bond donors (Lipinski definition) is 2. The van der Waals surface area contributed by atoms with Gasteiger partial charge in [-0.15, -0.1) is 34.2 Å². The van der Waals surface area contributed by atoms with Crippen molar-refractivity contribution >= 4 is 40.0 Å². The van der Waals surface area contributed by atoms with Crippen molar-refractivity contribution < 1.29 is 8.42 Å². The predicted molar refractivity (Wildman–Crippen MR) is 125 cm³/mol. The summed E-state index contributed by atoms with van der Waals surface area (Å²) in [5.41, 5.74) is 0. The van der Waals surface area contributed by atoms with E-state index < -0.39 is 10.0 Å². The van der Waals surface area contributed by atoms with Gasteiger partial charge in [0, 0.05) is 32.2 Å². The second kappa shape index (κ2) is 10.9. The maximum absolute atomic E-state index is 12.0. The number of hydrogen-bond acceptors (Lipinski definition) is 5. The molecule has 0 radical (unpaired) electrons. The van der Waals surface area contributed by atoms with E-state index in [1.165, 1.54) is 25.5 Å². The average Bonchev–Trinajstić information content (AvgIpc) is 3.26. The highest BCUT2D eigenvalue weighted by Crippen LogP contribution is 2.20. The van der Waals surface area contributed by atoms with Gasteiger partial charge >= 0.3 is 0 Å². The molecule has 2 heterocycles. The highest BCUT2D eigenvalue weighted by Gasteiger charge is 2.31. The molecule has 2 aliphatic rings. The second-order valence-corrected chi connectivity index (χ2v) is 9.85. The van der Waals surface area contributed by atoms with Crippen molar-refractivity contribution in [2.45, 2.75) is 70.5 Å². The summed E-state index contributed by atoms with van der Waals surface area (Å²) in [5.74, 6) is 2.39. The quantitative estimate of drug-likeness (QED) is 0.323. The maximum atomic E-state index is 12.0. The van der Waals surface area contributed by atoms with Crippen LogP contribution < -0.4 is 10.6 Å². The molecular formula is C18H34IN7O2S. The first-order valence-electron chi connectivity index (χ1n) is 10.2. The number of guanidine groups is 1. The first-order valence-corrected chi connectivity index (χ1v) is 12.1. The van der Waals surface area contributed by atoms with E-state index in [2.05, 4.69) is 20.8 Å². The molecule has 3 rings (SSSR count). The van der Waals surface area contributed by atoms with E-state index in [0.29, 0.717) is 25.7 Å². The zero-order valence-electron chi connectivity index (χ0n) is 17.6. The molecule has 1 saturated carbocycles. The van der Waals surface area contributed by atoms with Gasteiger partial charge in [-0.1, -0.05) is 19.3 Å². The topological polar surface area (TPSA) is 105 Å². The smallest absolute Gasteiger partial charge is 0.211 e. The normalized spacial score (nSPS) is 21.8. The van der Waals surface area contributed by atoms with Crippen LogP contribution in [0.1, 0.15) is 56.6 Å². The number of aliphatic imine (C=N–C) groups is 1. The SMILES string of the molecule is Cc1nnc(CN=C(NC[C@H]2CCCN2S(C)(=O)=O)NC2CCCCC2)n1C.I. The van der Waals surface area contributed by atoms with E-state index in [4.69, 9.17) is 4.99 Å². The molecular weight excluding hydrogens is 505 g/mol. The van der Waals surface area contributed by atoms with Gasteiger partial charge in [0.15, 0.2) is 11.8 Å². The minimum Gasteiger partial charge on any atom is -0.355 e. The highest BCUT2D eigenvalue weighted by molar-refractivity contribution is 14.0. The number of sulfonamides is 1. The largest absolute Gasteiger partial charge is 0.355 e. The van der Waals surface area contributed by atoms with Crippen LogP contribution in [0, 0.1) is 6.92 Å². The standard InChI is InChI=1S/C18H33N7O2S.HI/c1-14-22-23-17(24(14)2)13-20-18(21-15-8-5-4-6-9-15)19-12-16-10-7-11-25(16)28(3,26)27;/h15-16H,4-13H2,1-3H3,(H2,19,20,21);1H/t16-;/m1./s1. The van der Waals surface area contributed by atoms with Crippen molar-refractivity contribution in [2.24, 2.45) is 12.0 Å². The van der Waals surface area contributed by atoms with Crippen LogP contribution in [0.3, 0.4) is 0 Å². The van der Waals surface area contributed by atoms with Gasteiger partial charge in [-0.2, -0.15) is 4.31 Å². The summed E-state index contributed by atoms with van der Waals surface area (Å²) in [6.45, 7) is 3.51. The van der Waals surface area contributed by atoms with Gasteiger partial charge in [0.2, 0.25) is 10.0 Å². The monoisotopic (exact) mass is 539 g/mol. The third-order valence-corrected chi connectivity index (χ3v) is 7.09. The van der Waals surface area contributed by atoms with Crippen molar-refractivity contribution in [2.75, 3.05) is 19.3 Å². The van der Waals surface area contributed by atoms with E-state index in [1.807, 2.05) is 18.5 Å². The molecule has 166 valence electrons. The first-order chi connectivity index (χ1) is 13.3. The molecule has 0 unspecified atom stereocenters. The van der Waals surface area contributed by atoms with Gasteiger partial charge < -0.3 is 15.2 Å². The Bertz CT molecular complexity index is 790. The third-order valence-electron chi connectivity index (χ3n) is 5.76. The number of aryl methyl sites for hydroxylation is 1. The zero-order valence-corrected chi connectivity index (χ0v) is 20.7. The van der Waals surface area contributed by atoms with Gasteiger partial charge in [0.25, 0.3) is 0 Å². The molecule has 1 aliphatic carbocycles. The van der Waals surface area contributed by atoms with Crippen LogP contribution in [-0.4, -0.2) is 64.9 Å². The average molecular weight is 539 g/mol. The van der Waals surface area contributed by atoms with Crippen LogP contribution in [0.25, 0.3) is 0 Å². The Labute approximate surface area is 191 Å². The Morgan fingerprint density at radius 2 is 1.90 bits per heavy atom. The molecule has 2 N–H and O–H groups in total. The van der Waals surface area contributed by atoms with E-state index in [1.54, 1.807) is 4.31 Å². The van der Waals surface area contributed by atoms with E-state index in [-0.39, 0.29) is 30.0 Å². The molecule has 29 heavy (non-hydrogen) atoms. The van der Waals surface area contributed by atoms with Gasteiger partial charge in [0.1, 0.15) is 12.4 Å². The molecule has 1 saturated heterocycles. The number of nitrogens with zero attached hydrogens (tertiary/aromatic N) is 5. The molecule has 1 atom stereocenters. The fourth-order valence-electron chi connectivity index (χ4n) is 4.00. The molecule has 9 nitrogen and oxygen atoms in total. The van der Waals surface area contributed by atoms with Crippen molar-refractivity contribution in [3.05, 3.63) is 11.6 Å². The van der Waals surface area contributed by atoms with Gasteiger partial charge in [-0.05, 0) is 32.6 Å². The van der Waals surface area contributed by atoms with Crippen molar-refractivity contribution in [3.63, 3.8) is 0 Å². The summed E-state index contributed by atoms with van der Waals surface area (Å²) in [4.78, 5) is 4.71. The van der Waals surface area contributed by atoms with E-state index in [0.717, 1.165) is 43.3 Å².